The standard InChI is InChI=1S/C22H22N2O2/c1-15-12-19(18-10-6-7-11-20(18)23-15)22(25)24-13-16(2)26-21(14-24)17-8-4-3-5-9-17/h3-12,16,21H,13-14H2,1-2H3/t16-,21+/m0/s1. The maximum absolute atomic E-state index is 13.3. The summed E-state index contributed by atoms with van der Waals surface area (Å²) in [5.74, 6) is 0.0442. The lowest BCUT2D eigenvalue weighted by Crippen LogP contribution is -2.46. The van der Waals surface area contributed by atoms with Crippen LogP contribution in [0.1, 0.15) is 34.6 Å². The van der Waals surface area contributed by atoms with Gasteiger partial charge in [-0.1, -0.05) is 48.5 Å². The molecule has 0 N–H and O–H groups in total. The summed E-state index contributed by atoms with van der Waals surface area (Å²) in [6.07, 6.45) is -0.106. The van der Waals surface area contributed by atoms with Gasteiger partial charge in [0, 0.05) is 17.6 Å². The van der Waals surface area contributed by atoms with E-state index in [0.29, 0.717) is 18.7 Å². The molecule has 1 fully saturated rings. The Morgan fingerprint density at radius 2 is 1.81 bits per heavy atom. The Labute approximate surface area is 153 Å². The normalized spacial score (nSPS) is 20.3. The van der Waals surface area contributed by atoms with Gasteiger partial charge in [0.1, 0.15) is 6.10 Å². The van der Waals surface area contributed by atoms with Crippen LogP contribution in [0.25, 0.3) is 10.9 Å². The van der Waals surface area contributed by atoms with Gasteiger partial charge in [-0.2, -0.15) is 0 Å². The number of ether oxygens (including phenoxy) is 1. The molecule has 26 heavy (non-hydrogen) atoms. The first-order valence-corrected chi connectivity index (χ1v) is 8.98. The van der Waals surface area contributed by atoms with E-state index < -0.39 is 0 Å². The molecule has 0 spiro atoms. The molecule has 0 bridgehead atoms. The van der Waals surface area contributed by atoms with Gasteiger partial charge in [-0.3, -0.25) is 9.78 Å². The van der Waals surface area contributed by atoms with Crippen LogP contribution in [0.3, 0.4) is 0 Å². The predicted molar refractivity (Wildman–Crippen MR) is 102 cm³/mol. The van der Waals surface area contributed by atoms with Gasteiger partial charge in [0.05, 0.1) is 23.7 Å². The van der Waals surface area contributed by atoms with Crippen molar-refractivity contribution in [2.24, 2.45) is 0 Å². The lowest BCUT2D eigenvalue weighted by atomic mass is 10.0. The summed E-state index contributed by atoms with van der Waals surface area (Å²) in [5, 5.41) is 0.901. The van der Waals surface area contributed by atoms with E-state index in [9.17, 15) is 4.79 Å². The molecule has 3 aromatic rings. The highest BCUT2D eigenvalue weighted by molar-refractivity contribution is 6.06. The van der Waals surface area contributed by atoms with Gasteiger partial charge >= 0.3 is 0 Å². The number of aryl methyl sites for hydroxylation is 1. The number of fused-ring (bicyclic) bond motifs is 1. The molecule has 0 saturated carbocycles. The molecule has 4 heteroatoms. The second-order valence-corrected chi connectivity index (χ2v) is 6.88. The Morgan fingerprint density at radius 1 is 1.08 bits per heavy atom. The highest BCUT2D eigenvalue weighted by Gasteiger charge is 2.30. The fourth-order valence-electron chi connectivity index (χ4n) is 3.62. The SMILES string of the molecule is Cc1cc(C(=O)N2C[C@H](C)O[C@@H](c3ccccc3)C2)c2ccccc2n1. The van der Waals surface area contributed by atoms with Crippen molar-refractivity contribution in [3.8, 4) is 0 Å². The highest BCUT2D eigenvalue weighted by Crippen LogP contribution is 2.27. The Morgan fingerprint density at radius 3 is 2.62 bits per heavy atom. The van der Waals surface area contributed by atoms with Crippen molar-refractivity contribution in [1.29, 1.82) is 0 Å². The smallest absolute Gasteiger partial charge is 0.254 e. The molecule has 1 aliphatic heterocycles. The largest absolute Gasteiger partial charge is 0.367 e. The number of aromatic nitrogens is 1. The fraction of sp³-hybridized carbons (Fsp3) is 0.273. The van der Waals surface area contributed by atoms with Gasteiger partial charge in [0.15, 0.2) is 0 Å². The Balaban J connectivity index is 1.68. The lowest BCUT2D eigenvalue weighted by Gasteiger charge is -2.37. The van der Waals surface area contributed by atoms with Crippen molar-refractivity contribution in [1.82, 2.24) is 9.88 Å². The molecule has 2 heterocycles. The van der Waals surface area contributed by atoms with Crippen molar-refractivity contribution >= 4 is 16.8 Å². The maximum atomic E-state index is 13.3. The molecule has 1 aliphatic rings. The number of carbonyl (C=O) groups is 1. The third-order valence-corrected chi connectivity index (χ3v) is 4.79. The van der Waals surface area contributed by atoms with Crippen LogP contribution >= 0.6 is 0 Å². The van der Waals surface area contributed by atoms with E-state index in [1.54, 1.807) is 0 Å². The molecule has 2 aromatic carbocycles. The van der Waals surface area contributed by atoms with Gasteiger partial charge in [-0.25, -0.2) is 0 Å². The van der Waals surface area contributed by atoms with Crippen LogP contribution in [0.15, 0.2) is 60.7 Å². The molecule has 0 aliphatic carbocycles. The summed E-state index contributed by atoms with van der Waals surface area (Å²) >= 11 is 0. The van der Waals surface area contributed by atoms with E-state index in [4.69, 9.17) is 4.74 Å². The van der Waals surface area contributed by atoms with Crippen LogP contribution in [0.5, 0.6) is 0 Å². The van der Waals surface area contributed by atoms with Gasteiger partial charge < -0.3 is 9.64 Å². The van der Waals surface area contributed by atoms with E-state index in [1.165, 1.54) is 0 Å². The van der Waals surface area contributed by atoms with Gasteiger partial charge in [0.2, 0.25) is 0 Å². The Bertz CT molecular complexity index is 939. The first-order chi connectivity index (χ1) is 12.6. The van der Waals surface area contributed by atoms with E-state index in [0.717, 1.165) is 22.2 Å². The molecule has 0 radical (unpaired) electrons. The van der Waals surface area contributed by atoms with Crippen LogP contribution in [-0.2, 0) is 4.74 Å². The van der Waals surface area contributed by atoms with Gasteiger partial charge in [0.25, 0.3) is 5.91 Å². The zero-order chi connectivity index (χ0) is 18.1. The third kappa shape index (κ3) is 3.20. The van der Waals surface area contributed by atoms with Crippen LogP contribution in [0.4, 0.5) is 0 Å². The molecular weight excluding hydrogens is 324 g/mol. The van der Waals surface area contributed by atoms with Crippen LogP contribution in [0, 0.1) is 6.92 Å². The Kier molecular flexibility index (Phi) is 4.43. The van der Waals surface area contributed by atoms with Crippen molar-refractivity contribution in [2.75, 3.05) is 13.1 Å². The van der Waals surface area contributed by atoms with Gasteiger partial charge in [-0.05, 0) is 31.5 Å². The average Bonchev–Trinajstić information content (AvgIpc) is 2.67. The number of rotatable bonds is 2. The number of nitrogens with zero attached hydrogens (tertiary/aromatic N) is 2. The summed E-state index contributed by atoms with van der Waals surface area (Å²) in [5.41, 5.74) is 3.53. The van der Waals surface area contributed by atoms with E-state index in [1.807, 2.05) is 67.3 Å². The molecule has 0 unspecified atom stereocenters. The van der Waals surface area contributed by atoms with E-state index in [-0.39, 0.29) is 18.1 Å². The van der Waals surface area contributed by atoms with Crippen LogP contribution in [-0.4, -0.2) is 35.0 Å². The number of hydrogen-bond donors (Lipinski definition) is 0. The van der Waals surface area contributed by atoms with Crippen LogP contribution < -0.4 is 0 Å². The number of pyridine rings is 1. The van der Waals surface area contributed by atoms with Gasteiger partial charge in [-0.15, -0.1) is 0 Å². The van der Waals surface area contributed by atoms with Crippen molar-refractivity contribution in [3.05, 3.63) is 77.5 Å². The zero-order valence-electron chi connectivity index (χ0n) is 15.1. The van der Waals surface area contributed by atoms with Crippen molar-refractivity contribution < 1.29 is 9.53 Å². The summed E-state index contributed by atoms with van der Waals surface area (Å²) in [6, 6.07) is 19.8. The fourth-order valence-corrected chi connectivity index (χ4v) is 3.62. The summed E-state index contributed by atoms with van der Waals surface area (Å²) in [4.78, 5) is 19.8. The molecule has 4 nitrogen and oxygen atoms in total. The van der Waals surface area contributed by atoms with E-state index >= 15 is 0 Å². The minimum atomic E-state index is -0.0990. The second-order valence-electron chi connectivity index (χ2n) is 6.88. The lowest BCUT2D eigenvalue weighted by molar-refractivity contribution is -0.0691. The quantitative estimate of drug-likeness (QED) is 0.700. The minimum Gasteiger partial charge on any atom is -0.367 e. The molecule has 4 rings (SSSR count). The highest BCUT2D eigenvalue weighted by atomic mass is 16.5. The molecular formula is C22H22N2O2. The molecule has 2 atom stereocenters. The topological polar surface area (TPSA) is 42.4 Å². The Hall–Kier alpha value is -2.72. The average molecular weight is 346 g/mol. The maximum Gasteiger partial charge on any atom is 0.254 e. The monoisotopic (exact) mass is 346 g/mol. The summed E-state index contributed by atoms with van der Waals surface area (Å²) in [6.45, 7) is 5.10. The number of amides is 1. The number of carbonyl (C=O) groups excluding carboxylic acids is 1. The van der Waals surface area contributed by atoms with Crippen molar-refractivity contribution in [3.63, 3.8) is 0 Å². The summed E-state index contributed by atoms with van der Waals surface area (Å²) < 4.78 is 6.09. The molecule has 1 aromatic heterocycles. The first kappa shape index (κ1) is 16.7. The number of hydrogen-bond acceptors (Lipinski definition) is 3. The molecule has 132 valence electrons. The van der Waals surface area contributed by atoms with Crippen LogP contribution in [0.2, 0.25) is 0 Å². The second kappa shape index (κ2) is 6.89. The summed E-state index contributed by atoms with van der Waals surface area (Å²) in [7, 11) is 0. The van der Waals surface area contributed by atoms with Crippen molar-refractivity contribution in [2.45, 2.75) is 26.1 Å². The minimum absolute atomic E-state index is 0.00731. The number of morpholine rings is 1. The first-order valence-electron chi connectivity index (χ1n) is 8.98. The molecule has 1 amide bonds. The van der Waals surface area contributed by atoms with E-state index in [2.05, 4.69) is 17.1 Å². The third-order valence-electron chi connectivity index (χ3n) is 4.79. The molecule has 1 saturated heterocycles. The zero-order valence-corrected chi connectivity index (χ0v) is 15.1. The number of benzene rings is 2. The number of para-hydroxylation sites is 1. The predicted octanol–water partition coefficient (Wildman–Crippen LogP) is 4.15.